The number of aromatic amines is 2. The number of hydrogen-bond acceptors (Lipinski definition) is 4. The van der Waals surface area contributed by atoms with Crippen LogP contribution in [0.2, 0.25) is 0 Å². The van der Waals surface area contributed by atoms with Gasteiger partial charge in [-0.2, -0.15) is 0 Å². The summed E-state index contributed by atoms with van der Waals surface area (Å²) in [6.07, 6.45) is 0. The van der Waals surface area contributed by atoms with E-state index in [4.69, 9.17) is 10.2 Å². The van der Waals surface area contributed by atoms with Gasteiger partial charge >= 0.3 is 11.1 Å². The van der Waals surface area contributed by atoms with Crippen LogP contribution in [-0.4, -0.2) is 9.97 Å². The lowest BCUT2D eigenvalue weighted by Gasteiger charge is -2.12. The van der Waals surface area contributed by atoms with Crippen LogP contribution in [0.15, 0.2) is 38.3 Å². The molecule has 2 aromatic heterocycles. The standard InChI is InChI=1S/C15H15N3O3/c1-7-5-10(8(2)21-7)13(16)9-3-4-11-12(6-9)18-15(20)14(19)17-11/h3-6,13H,16H2,1-2H3,(H,17,19)(H,18,20). The Morgan fingerprint density at radius 3 is 2.33 bits per heavy atom. The second kappa shape index (κ2) is 4.75. The molecular formula is C15H15N3O3. The fourth-order valence-electron chi connectivity index (χ4n) is 2.46. The molecule has 21 heavy (non-hydrogen) atoms. The summed E-state index contributed by atoms with van der Waals surface area (Å²) < 4.78 is 5.49. The SMILES string of the molecule is Cc1cc(C(N)c2ccc3[nH]c(=O)c(=O)[nH]c3c2)c(C)o1. The largest absolute Gasteiger partial charge is 0.466 e. The summed E-state index contributed by atoms with van der Waals surface area (Å²) in [7, 11) is 0. The van der Waals surface area contributed by atoms with Gasteiger partial charge in [-0.3, -0.25) is 9.59 Å². The van der Waals surface area contributed by atoms with Crippen molar-refractivity contribution in [1.82, 2.24) is 9.97 Å². The lowest BCUT2D eigenvalue weighted by Crippen LogP contribution is -2.29. The average molecular weight is 285 g/mol. The number of aryl methyl sites for hydroxylation is 2. The van der Waals surface area contributed by atoms with Crippen molar-refractivity contribution in [2.24, 2.45) is 5.73 Å². The van der Waals surface area contributed by atoms with Crippen molar-refractivity contribution < 1.29 is 4.42 Å². The average Bonchev–Trinajstić information content (AvgIpc) is 2.78. The number of nitrogens with two attached hydrogens (primary N) is 1. The van der Waals surface area contributed by atoms with E-state index in [0.29, 0.717) is 11.0 Å². The molecule has 0 fully saturated rings. The van der Waals surface area contributed by atoms with Crippen LogP contribution in [0.5, 0.6) is 0 Å². The normalized spacial score (nSPS) is 12.7. The van der Waals surface area contributed by atoms with Gasteiger partial charge in [0.25, 0.3) is 0 Å². The molecule has 4 N–H and O–H groups in total. The van der Waals surface area contributed by atoms with E-state index in [2.05, 4.69) is 9.97 Å². The monoisotopic (exact) mass is 285 g/mol. The maximum Gasteiger partial charge on any atom is 0.314 e. The quantitative estimate of drug-likeness (QED) is 0.620. The first-order valence-electron chi connectivity index (χ1n) is 6.54. The minimum absolute atomic E-state index is 0.359. The molecule has 1 atom stereocenters. The van der Waals surface area contributed by atoms with Gasteiger partial charge < -0.3 is 20.1 Å². The van der Waals surface area contributed by atoms with Gasteiger partial charge in [-0.05, 0) is 37.6 Å². The molecule has 0 aliphatic heterocycles. The van der Waals surface area contributed by atoms with Crippen LogP contribution >= 0.6 is 0 Å². The zero-order chi connectivity index (χ0) is 15.1. The van der Waals surface area contributed by atoms with Crippen molar-refractivity contribution in [3.8, 4) is 0 Å². The molecule has 0 spiro atoms. The number of furan rings is 1. The van der Waals surface area contributed by atoms with Crippen molar-refractivity contribution in [2.45, 2.75) is 19.9 Å². The number of H-pyrrole nitrogens is 2. The maximum atomic E-state index is 11.4. The van der Waals surface area contributed by atoms with Crippen molar-refractivity contribution in [2.75, 3.05) is 0 Å². The van der Waals surface area contributed by atoms with Gasteiger partial charge in [0.05, 0.1) is 17.1 Å². The molecule has 0 aliphatic rings. The molecule has 3 aromatic rings. The highest BCUT2D eigenvalue weighted by Gasteiger charge is 2.15. The Balaban J connectivity index is 2.12. The molecule has 0 saturated carbocycles. The Morgan fingerprint density at radius 2 is 1.71 bits per heavy atom. The second-order valence-electron chi connectivity index (χ2n) is 5.06. The Morgan fingerprint density at radius 1 is 1.05 bits per heavy atom. The van der Waals surface area contributed by atoms with Crippen LogP contribution in [-0.2, 0) is 0 Å². The minimum Gasteiger partial charge on any atom is -0.466 e. The van der Waals surface area contributed by atoms with Gasteiger partial charge in [-0.1, -0.05) is 6.07 Å². The number of aromatic nitrogens is 2. The van der Waals surface area contributed by atoms with E-state index in [1.807, 2.05) is 26.0 Å². The molecule has 0 amide bonds. The fraction of sp³-hybridized carbons (Fsp3) is 0.200. The maximum absolute atomic E-state index is 11.4. The summed E-state index contributed by atoms with van der Waals surface area (Å²) in [4.78, 5) is 27.7. The van der Waals surface area contributed by atoms with Gasteiger partial charge in [0.15, 0.2) is 0 Å². The molecule has 3 rings (SSSR count). The van der Waals surface area contributed by atoms with E-state index in [0.717, 1.165) is 22.6 Å². The summed E-state index contributed by atoms with van der Waals surface area (Å²) in [5.41, 5.74) is 7.76. The van der Waals surface area contributed by atoms with E-state index in [1.165, 1.54) is 0 Å². The topological polar surface area (TPSA) is 105 Å². The molecular weight excluding hydrogens is 270 g/mol. The highest BCUT2D eigenvalue weighted by molar-refractivity contribution is 5.74. The predicted molar refractivity (Wildman–Crippen MR) is 79.4 cm³/mol. The zero-order valence-corrected chi connectivity index (χ0v) is 11.7. The molecule has 0 radical (unpaired) electrons. The molecule has 6 heteroatoms. The van der Waals surface area contributed by atoms with Crippen LogP contribution < -0.4 is 16.9 Å². The molecule has 2 heterocycles. The highest BCUT2D eigenvalue weighted by Crippen LogP contribution is 2.26. The van der Waals surface area contributed by atoms with Crippen molar-refractivity contribution in [1.29, 1.82) is 0 Å². The first kappa shape index (κ1) is 13.4. The molecule has 0 bridgehead atoms. The van der Waals surface area contributed by atoms with Gasteiger partial charge in [-0.25, -0.2) is 0 Å². The first-order chi connectivity index (χ1) is 9.95. The van der Waals surface area contributed by atoms with Gasteiger partial charge in [0, 0.05) is 5.56 Å². The van der Waals surface area contributed by atoms with Crippen LogP contribution in [0.3, 0.4) is 0 Å². The molecule has 1 aromatic carbocycles. The third-order valence-electron chi connectivity index (χ3n) is 3.52. The first-order valence-corrected chi connectivity index (χ1v) is 6.54. The summed E-state index contributed by atoms with van der Waals surface area (Å²) >= 11 is 0. The summed E-state index contributed by atoms with van der Waals surface area (Å²) in [5, 5.41) is 0. The number of benzene rings is 1. The zero-order valence-electron chi connectivity index (χ0n) is 11.7. The lowest BCUT2D eigenvalue weighted by atomic mass is 9.99. The molecule has 0 saturated heterocycles. The molecule has 108 valence electrons. The lowest BCUT2D eigenvalue weighted by molar-refractivity contribution is 0.499. The summed E-state index contributed by atoms with van der Waals surface area (Å²) in [5.74, 6) is 1.58. The van der Waals surface area contributed by atoms with Crippen molar-refractivity contribution >= 4 is 11.0 Å². The van der Waals surface area contributed by atoms with Gasteiger partial charge in [-0.15, -0.1) is 0 Å². The Labute approximate surface area is 119 Å². The molecule has 0 aliphatic carbocycles. The van der Waals surface area contributed by atoms with E-state index >= 15 is 0 Å². The fourth-order valence-corrected chi connectivity index (χ4v) is 2.46. The van der Waals surface area contributed by atoms with Crippen LogP contribution in [0.4, 0.5) is 0 Å². The van der Waals surface area contributed by atoms with E-state index in [9.17, 15) is 9.59 Å². The van der Waals surface area contributed by atoms with E-state index < -0.39 is 11.1 Å². The van der Waals surface area contributed by atoms with Gasteiger partial charge in [0.1, 0.15) is 11.5 Å². The number of fused-ring (bicyclic) bond motifs is 1. The highest BCUT2D eigenvalue weighted by atomic mass is 16.3. The number of hydrogen-bond donors (Lipinski definition) is 3. The summed E-state index contributed by atoms with van der Waals surface area (Å²) in [6.45, 7) is 3.73. The number of rotatable bonds is 2. The minimum atomic E-state index is -0.677. The second-order valence-corrected chi connectivity index (χ2v) is 5.06. The van der Waals surface area contributed by atoms with Gasteiger partial charge in [0.2, 0.25) is 0 Å². The van der Waals surface area contributed by atoms with Crippen LogP contribution in [0.1, 0.15) is 28.7 Å². The Kier molecular flexibility index (Phi) is 3.03. The Bertz CT molecular complexity index is 933. The third kappa shape index (κ3) is 2.30. The van der Waals surface area contributed by atoms with Crippen molar-refractivity contribution in [3.63, 3.8) is 0 Å². The Hall–Kier alpha value is -2.60. The molecule has 1 unspecified atom stereocenters. The van der Waals surface area contributed by atoms with Crippen LogP contribution in [0.25, 0.3) is 11.0 Å². The van der Waals surface area contributed by atoms with Crippen molar-refractivity contribution in [3.05, 3.63) is 67.6 Å². The third-order valence-corrected chi connectivity index (χ3v) is 3.52. The molecule has 6 nitrogen and oxygen atoms in total. The van der Waals surface area contributed by atoms with E-state index in [-0.39, 0.29) is 6.04 Å². The smallest absolute Gasteiger partial charge is 0.314 e. The summed E-state index contributed by atoms with van der Waals surface area (Å²) in [6, 6.07) is 6.86. The van der Waals surface area contributed by atoms with Crippen LogP contribution in [0, 0.1) is 13.8 Å². The number of nitrogens with one attached hydrogen (secondary N) is 2. The predicted octanol–water partition coefficient (Wildman–Crippen LogP) is 1.47. The van der Waals surface area contributed by atoms with E-state index in [1.54, 1.807) is 12.1 Å².